The van der Waals surface area contributed by atoms with Gasteiger partial charge in [0.15, 0.2) is 5.65 Å². The second kappa shape index (κ2) is 8.53. The lowest BCUT2D eigenvalue weighted by Crippen LogP contribution is -2.43. The Labute approximate surface area is 207 Å². The Bertz CT molecular complexity index is 1440. The highest BCUT2D eigenvalue weighted by atomic mass is 35.5. The summed E-state index contributed by atoms with van der Waals surface area (Å²) in [6, 6.07) is 7.11. The molecule has 3 aromatic heterocycles. The van der Waals surface area contributed by atoms with Gasteiger partial charge < -0.3 is 9.64 Å². The lowest BCUT2D eigenvalue weighted by Gasteiger charge is -2.37. The van der Waals surface area contributed by atoms with Crippen molar-refractivity contribution in [3.8, 4) is 11.1 Å². The van der Waals surface area contributed by atoms with Crippen molar-refractivity contribution >= 4 is 28.6 Å². The molecule has 9 heteroatoms. The van der Waals surface area contributed by atoms with Crippen molar-refractivity contribution < 1.29 is 9.13 Å². The van der Waals surface area contributed by atoms with E-state index in [1.807, 2.05) is 30.8 Å². The first-order chi connectivity index (χ1) is 16.9. The largest absolute Gasteiger partial charge is 0.367 e. The fourth-order valence-corrected chi connectivity index (χ4v) is 4.80. The average Bonchev–Trinajstić information content (AvgIpc) is 3.55. The van der Waals surface area contributed by atoms with Crippen LogP contribution < -0.4 is 4.90 Å². The fraction of sp³-hybridized carbons (Fsp3) is 0.385. The Balaban J connectivity index is 1.43. The molecule has 0 N–H and O–H groups in total. The standard InChI is InChI=1S/C26H26ClFN6O/c1-14-11-33(13-23(35-14)17-10-29-34(12-17)19-5-6-19)24-9-21(20-7-4-18(27)8-22(20)28)25-26(32-24)31-16(3)15(2)30-25/h4,7-10,12,14,19,23H,5-6,11,13H2,1-3H3/t14-,23-/m1/s1. The van der Waals surface area contributed by atoms with Crippen LogP contribution in [0.25, 0.3) is 22.3 Å². The molecule has 0 spiro atoms. The number of benzene rings is 1. The molecule has 1 saturated carbocycles. The number of hydrogen-bond donors (Lipinski definition) is 0. The van der Waals surface area contributed by atoms with Gasteiger partial charge in [-0.25, -0.2) is 19.3 Å². The highest BCUT2D eigenvalue weighted by Crippen LogP contribution is 2.37. The first-order valence-corrected chi connectivity index (χ1v) is 12.3. The SMILES string of the molecule is Cc1nc2nc(N3C[C@@H](C)O[C@@H](c4cnn(C5CC5)c4)C3)cc(-c3ccc(Cl)cc3F)c2nc1C. The number of aryl methyl sites for hydroxylation is 2. The molecule has 2 aliphatic rings. The Morgan fingerprint density at radius 2 is 1.83 bits per heavy atom. The third-order valence-corrected chi connectivity index (χ3v) is 6.99. The van der Waals surface area contributed by atoms with E-state index in [4.69, 9.17) is 31.3 Å². The molecule has 4 aromatic rings. The summed E-state index contributed by atoms with van der Waals surface area (Å²) in [7, 11) is 0. The predicted octanol–water partition coefficient (Wildman–Crippen LogP) is 5.60. The molecule has 0 amide bonds. The predicted molar refractivity (Wildman–Crippen MR) is 133 cm³/mol. The molecule has 2 atom stereocenters. The second-order valence-electron chi connectivity index (χ2n) is 9.54. The topological polar surface area (TPSA) is 69.0 Å². The number of ether oxygens (including phenoxy) is 1. The van der Waals surface area contributed by atoms with Gasteiger partial charge in [-0.15, -0.1) is 0 Å². The fourth-order valence-electron chi connectivity index (χ4n) is 4.64. The maximum atomic E-state index is 15.0. The Kier molecular flexibility index (Phi) is 5.45. The number of hydrogen-bond acceptors (Lipinski definition) is 6. The lowest BCUT2D eigenvalue weighted by molar-refractivity contribution is -0.0176. The van der Waals surface area contributed by atoms with Gasteiger partial charge in [-0.2, -0.15) is 5.10 Å². The normalized spacial score (nSPS) is 20.5. The van der Waals surface area contributed by atoms with E-state index in [1.54, 1.807) is 12.1 Å². The smallest absolute Gasteiger partial charge is 0.181 e. The third kappa shape index (κ3) is 4.25. The molecule has 7 nitrogen and oxygen atoms in total. The van der Waals surface area contributed by atoms with Gasteiger partial charge in [-0.1, -0.05) is 11.6 Å². The van der Waals surface area contributed by atoms with Crippen molar-refractivity contribution in [1.82, 2.24) is 24.7 Å². The molecule has 0 radical (unpaired) electrons. The van der Waals surface area contributed by atoms with Crippen molar-refractivity contribution in [2.75, 3.05) is 18.0 Å². The van der Waals surface area contributed by atoms with Crippen LogP contribution in [0.1, 0.15) is 48.9 Å². The summed E-state index contributed by atoms with van der Waals surface area (Å²) in [6.45, 7) is 7.13. The summed E-state index contributed by atoms with van der Waals surface area (Å²) < 4.78 is 23.4. The summed E-state index contributed by atoms with van der Waals surface area (Å²) in [5.41, 5.74) is 4.77. The molecular weight excluding hydrogens is 467 g/mol. The van der Waals surface area contributed by atoms with Crippen LogP contribution in [0.5, 0.6) is 0 Å². The van der Waals surface area contributed by atoms with Gasteiger partial charge >= 0.3 is 0 Å². The van der Waals surface area contributed by atoms with Crippen molar-refractivity contribution in [3.05, 3.63) is 64.5 Å². The van der Waals surface area contributed by atoms with Crippen molar-refractivity contribution in [3.63, 3.8) is 0 Å². The van der Waals surface area contributed by atoms with Crippen LogP contribution in [0.3, 0.4) is 0 Å². The van der Waals surface area contributed by atoms with E-state index in [1.165, 1.54) is 18.9 Å². The second-order valence-corrected chi connectivity index (χ2v) is 9.98. The molecule has 0 unspecified atom stereocenters. The van der Waals surface area contributed by atoms with Gasteiger partial charge in [0.2, 0.25) is 0 Å². The summed E-state index contributed by atoms with van der Waals surface area (Å²) in [4.78, 5) is 16.5. The lowest BCUT2D eigenvalue weighted by atomic mass is 10.0. The molecule has 1 saturated heterocycles. The van der Waals surface area contributed by atoms with Crippen LogP contribution in [-0.4, -0.2) is 43.9 Å². The van der Waals surface area contributed by atoms with Gasteiger partial charge in [0.05, 0.1) is 36.3 Å². The number of fused-ring (bicyclic) bond motifs is 1. The van der Waals surface area contributed by atoms with Crippen LogP contribution in [0.2, 0.25) is 5.02 Å². The van der Waals surface area contributed by atoms with Crippen molar-refractivity contribution in [1.29, 1.82) is 0 Å². The number of halogens is 2. The van der Waals surface area contributed by atoms with E-state index in [2.05, 4.69) is 23.1 Å². The monoisotopic (exact) mass is 492 g/mol. The summed E-state index contributed by atoms with van der Waals surface area (Å²) >= 11 is 6.03. The van der Waals surface area contributed by atoms with E-state index < -0.39 is 5.82 Å². The molecule has 1 aliphatic carbocycles. The molecule has 1 aliphatic heterocycles. The minimum Gasteiger partial charge on any atom is -0.367 e. The maximum absolute atomic E-state index is 15.0. The summed E-state index contributed by atoms with van der Waals surface area (Å²) in [5.74, 6) is 0.311. The molecule has 1 aromatic carbocycles. The highest BCUT2D eigenvalue weighted by Gasteiger charge is 2.31. The quantitative estimate of drug-likeness (QED) is 0.369. The number of anilines is 1. The molecule has 0 bridgehead atoms. The van der Waals surface area contributed by atoms with Crippen molar-refractivity contribution in [2.24, 2.45) is 0 Å². The first-order valence-electron chi connectivity index (χ1n) is 11.9. The number of rotatable bonds is 4. The van der Waals surface area contributed by atoms with Crippen molar-refractivity contribution in [2.45, 2.75) is 51.9 Å². The van der Waals surface area contributed by atoms with E-state index in [9.17, 15) is 0 Å². The summed E-state index contributed by atoms with van der Waals surface area (Å²) in [5, 5.41) is 4.88. The zero-order valence-electron chi connectivity index (χ0n) is 19.9. The number of pyridine rings is 1. The first kappa shape index (κ1) is 22.4. The molecule has 2 fully saturated rings. The minimum absolute atomic E-state index is 0.0166. The summed E-state index contributed by atoms with van der Waals surface area (Å²) in [6.07, 6.45) is 6.21. The van der Waals surface area contributed by atoms with Gasteiger partial charge in [-0.3, -0.25) is 4.68 Å². The van der Waals surface area contributed by atoms with Crippen LogP contribution in [0.15, 0.2) is 36.7 Å². The van der Waals surface area contributed by atoms with Gasteiger partial charge in [0.1, 0.15) is 23.3 Å². The molecule has 4 heterocycles. The van der Waals surface area contributed by atoms with E-state index in [0.29, 0.717) is 52.3 Å². The van der Waals surface area contributed by atoms with E-state index in [0.717, 1.165) is 17.0 Å². The average molecular weight is 493 g/mol. The van der Waals surface area contributed by atoms with Gasteiger partial charge in [-0.05, 0) is 57.9 Å². The zero-order valence-corrected chi connectivity index (χ0v) is 20.6. The molecule has 180 valence electrons. The van der Waals surface area contributed by atoms with Crippen LogP contribution in [0.4, 0.5) is 10.2 Å². The van der Waals surface area contributed by atoms with Crippen LogP contribution in [-0.2, 0) is 4.74 Å². The molecule has 6 rings (SSSR count). The highest BCUT2D eigenvalue weighted by molar-refractivity contribution is 6.30. The maximum Gasteiger partial charge on any atom is 0.181 e. The van der Waals surface area contributed by atoms with Gasteiger partial charge in [0, 0.05) is 34.5 Å². The molecule has 35 heavy (non-hydrogen) atoms. The van der Waals surface area contributed by atoms with Gasteiger partial charge in [0.25, 0.3) is 0 Å². The minimum atomic E-state index is -0.406. The van der Waals surface area contributed by atoms with Crippen LogP contribution >= 0.6 is 11.6 Å². The number of morpholine rings is 1. The molecular formula is C26H26ClFN6O. The van der Waals surface area contributed by atoms with Crippen LogP contribution in [0, 0.1) is 19.7 Å². The third-order valence-electron chi connectivity index (χ3n) is 6.76. The Morgan fingerprint density at radius 1 is 1.03 bits per heavy atom. The Morgan fingerprint density at radius 3 is 2.60 bits per heavy atom. The van der Waals surface area contributed by atoms with E-state index in [-0.39, 0.29) is 12.2 Å². The zero-order chi connectivity index (χ0) is 24.3. The number of aromatic nitrogens is 5. The number of nitrogens with zero attached hydrogens (tertiary/aromatic N) is 6. The van der Waals surface area contributed by atoms with E-state index >= 15 is 4.39 Å². The Hall–Kier alpha value is -3.10.